The second-order valence-electron chi connectivity index (χ2n) is 4.43. The lowest BCUT2D eigenvalue weighted by atomic mass is 10.0. The molecule has 2 unspecified atom stereocenters. The molecule has 1 aromatic heterocycles. The van der Waals surface area contributed by atoms with Crippen LogP contribution in [0.25, 0.3) is 0 Å². The molecule has 96 valence electrons. The lowest BCUT2D eigenvalue weighted by Gasteiger charge is -2.29. The standard InChI is InChI=1S/C11H21N5O/c1-2-6-16-9(8-13-15-16)11(14-12)10-5-3-4-7-17-10/h8,10-11,14H,2-7,12H2,1H3. The van der Waals surface area contributed by atoms with Crippen molar-refractivity contribution in [3.05, 3.63) is 11.9 Å². The highest BCUT2D eigenvalue weighted by atomic mass is 16.5. The maximum atomic E-state index is 5.78. The van der Waals surface area contributed by atoms with Gasteiger partial charge in [-0.2, -0.15) is 0 Å². The van der Waals surface area contributed by atoms with Crippen LogP contribution in [0.5, 0.6) is 0 Å². The van der Waals surface area contributed by atoms with Crippen LogP contribution in [0, 0.1) is 0 Å². The number of nitrogens with zero attached hydrogens (tertiary/aromatic N) is 3. The van der Waals surface area contributed by atoms with Crippen LogP contribution in [-0.4, -0.2) is 27.7 Å². The third-order valence-corrected chi connectivity index (χ3v) is 3.17. The summed E-state index contributed by atoms with van der Waals surface area (Å²) in [5.41, 5.74) is 3.86. The Morgan fingerprint density at radius 2 is 2.53 bits per heavy atom. The maximum absolute atomic E-state index is 5.78. The minimum Gasteiger partial charge on any atom is -0.376 e. The lowest BCUT2D eigenvalue weighted by Crippen LogP contribution is -2.40. The van der Waals surface area contributed by atoms with Crippen molar-refractivity contribution in [2.75, 3.05) is 6.61 Å². The summed E-state index contributed by atoms with van der Waals surface area (Å²) in [5.74, 6) is 5.66. The molecule has 0 spiro atoms. The zero-order chi connectivity index (χ0) is 12.1. The van der Waals surface area contributed by atoms with Crippen LogP contribution in [0.2, 0.25) is 0 Å². The average Bonchev–Trinajstić information content (AvgIpc) is 2.81. The van der Waals surface area contributed by atoms with E-state index < -0.39 is 0 Å². The number of nitrogens with two attached hydrogens (primary N) is 1. The van der Waals surface area contributed by atoms with Gasteiger partial charge in [-0.25, -0.2) is 10.1 Å². The van der Waals surface area contributed by atoms with E-state index in [1.54, 1.807) is 6.20 Å². The zero-order valence-electron chi connectivity index (χ0n) is 10.3. The van der Waals surface area contributed by atoms with Crippen LogP contribution in [0.3, 0.4) is 0 Å². The molecule has 0 aliphatic carbocycles. The van der Waals surface area contributed by atoms with Crippen LogP contribution >= 0.6 is 0 Å². The molecule has 17 heavy (non-hydrogen) atoms. The van der Waals surface area contributed by atoms with Gasteiger partial charge in [0, 0.05) is 13.2 Å². The summed E-state index contributed by atoms with van der Waals surface area (Å²) >= 11 is 0. The first-order chi connectivity index (χ1) is 8.36. The Labute approximate surface area is 101 Å². The van der Waals surface area contributed by atoms with Crippen LogP contribution in [0.4, 0.5) is 0 Å². The maximum Gasteiger partial charge on any atom is 0.0906 e. The van der Waals surface area contributed by atoms with Crippen LogP contribution < -0.4 is 11.3 Å². The van der Waals surface area contributed by atoms with Gasteiger partial charge in [0.1, 0.15) is 0 Å². The molecular weight excluding hydrogens is 218 g/mol. The fourth-order valence-electron chi connectivity index (χ4n) is 2.30. The first-order valence-corrected chi connectivity index (χ1v) is 6.33. The summed E-state index contributed by atoms with van der Waals surface area (Å²) in [6.07, 6.45) is 6.30. The summed E-state index contributed by atoms with van der Waals surface area (Å²) < 4.78 is 7.68. The predicted molar refractivity (Wildman–Crippen MR) is 64.0 cm³/mol. The molecule has 6 nitrogen and oxygen atoms in total. The third kappa shape index (κ3) is 2.83. The van der Waals surface area contributed by atoms with E-state index in [1.807, 2.05) is 4.68 Å². The van der Waals surface area contributed by atoms with E-state index in [0.717, 1.165) is 38.1 Å². The van der Waals surface area contributed by atoms with Crippen molar-refractivity contribution in [2.24, 2.45) is 5.84 Å². The van der Waals surface area contributed by atoms with Crippen LogP contribution in [-0.2, 0) is 11.3 Å². The average molecular weight is 239 g/mol. The van der Waals surface area contributed by atoms with Gasteiger partial charge in [0.25, 0.3) is 0 Å². The van der Waals surface area contributed by atoms with Gasteiger partial charge >= 0.3 is 0 Å². The van der Waals surface area contributed by atoms with E-state index in [9.17, 15) is 0 Å². The highest BCUT2D eigenvalue weighted by molar-refractivity contribution is 5.05. The van der Waals surface area contributed by atoms with Gasteiger partial charge in [-0.1, -0.05) is 12.1 Å². The van der Waals surface area contributed by atoms with E-state index in [4.69, 9.17) is 10.6 Å². The van der Waals surface area contributed by atoms with E-state index in [0.29, 0.717) is 0 Å². The quantitative estimate of drug-likeness (QED) is 0.586. The van der Waals surface area contributed by atoms with Crippen LogP contribution in [0.1, 0.15) is 44.3 Å². The van der Waals surface area contributed by atoms with E-state index in [1.165, 1.54) is 6.42 Å². The lowest BCUT2D eigenvalue weighted by molar-refractivity contribution is -0.0101. The minimum atomic E-state index is -0.0168. The Bertz CT molecular complexity index is 334. The smallest absolute Gasteiger partial charge is 0.0906 e. The van der Waals surface area contributed by atoms with Gasteiger partial charge in [-0.3, -0.25) is 5.84 Å². The largest absolute Gasteiger partial charge is 0.376 e. The third-order valence-electron chi connectivity index (χ3n) is 3.17. The number of hydrogen-bond acceptors (Lipinski definition) is 5. The van der Waals surface area contributed by atoms with E-state index >= 15 is 0 Å². The zero-order valence-corrected chi connectivity index (χ0v) is 10.3. The van der Waals surface area contributed by atoms with Gasteiger partial charge in [0.15, 0.2) is 0 Å². The van der Waals surface area contributed by atoms with Crippen molar-refractivity contribution < 1.29 is 4.74 Å². The fourth-order valence-corrected chi connectivity index (χ4v) is 2.30. The molecule has 1 fully saturated rings. The summed E-state index contributed by atoms with van der Waals surface area (Å²) in [6, 6.07) is -0.0168. The Morgan fingerprint density at radius 1 is 1.65 bits per heavy atom. The Morgan fingerprint density at radius 3 is 3.18 bits per heavy atom. The van der Waals surface area contributed by atoms with Crippen molar-refractivity contribution in [1.29, 1.82) is 0 Å². The number of aryl methyl sites for hydroxylation is 1. The van der Waals surface area contributed by atoms with Gasteiger partial charge in [-0.05, 0) is 25.7 Å². The summed E-state index contributed by atoms with van der Waals surface area (Å²) in [7, 11) is 0. The van der Waals surface area contributed by atoms with E-state index in [2.05, 4.69) is 22.7 Å². The SMILES string of the molecule is CCCn1nncc1C(NN)C1CCCCO1. The molecule has 2 heterocycles. The molecule has 0 aromatic carbocycles. The summed E-state index contributed by atoms with van der Waals surface area (Å²) in [6.45, 7) is 3.80. The highest BCUT2D eigenvalue weighted by Gasteiger charge is 2.27. The predicted octanol–water partition coefficient (Wildman–Crippen LogP) is 0.762. The topological polar surface area (TPSA) is 78.0 Å². The Kier molecular flexibility index (Phi) is 4.47. The number of nitrogens with one attached hydrogen (secondary N) is 1. The van der Waals surface area contributed by atoms with Gasteiger partial charge in [0.2, 0.25) is 0 Å². The molecule has 3 N–H and O–H groups in total. The molecule has 1 aliphatic rings. The number of aromatic nitrogens is 3. The number of hydrazine groups is 1. The Hall–Kier alpha value is -0.980. The monoisotopic (exact) mass is 239 g/mol. The van der Waals surface area contributed by atoms with Crippen molar-refractivity contribution >= 4 is 0 Å². The molecule has 0 radical (unpaired) electrons. The molecular formula is C11H21N5O. The van der Waals surface area contributed by atoms with Crippen molar-refractivity contribution in [3.63, 3.8) is 0 Å². The molecule has 1 aliphatic heterocycles. The molecule has 0 saturated carbocycles. The molecule has 2 atom stereocenters. The fraction of sp³-hybridized carbons (Fsp3) is 0.818. The first-order valence-electron chi connectivity index (χ1n) is 6.33. The number of hydrogen-bond donors (Lipinski definition) is 2. The van der Waals surface area contributed by atoms with Gasteiger partial charge in [0.05, 0.1) is 24.0 Å². The summed E-state index contributed by atoms with van der Waals surface area (Å²) in [5, 5.41) is 8.05. The van der Waals surface area contributed by atoms with Crippen molar-refractivity contribution in [1.82, 2.24) is 20.4 Å². The minimum absolute atomic E-state index is 0.0168. The molecule has 0 amide bonds. The Balaban J connectivity index is 2.12. The second kappa shape index (κ2) is 6.09. The van der Waals surface area contributed by atoms with Crippen molar-refractivity contribution in [2.45, 2.75) is 51.3 Å². The van der Waals surface area contributed by atoms with Crippen LogP contribution in [0.15, 0.2) is 6.20 Å². The van der Waals surface area contributed by atoms with Gasteiger partial charge in [-0.15, -0.1) is 5.10 Å². The number of ether oxygens (including phenoxy) is 1. The highest BCUT2D eigenvalue weighted by Crippen LogP contribution is 2.25. The molecule has 0 bridgehead atoms. The number of rotatable bonds is 5. The van der Waals surface area contributed by atoms with Gasteiger partial charge < -0.3 is 4.74 Å². The molecule has 1 aromatic rings. The van der Waals surface area contributed by atoms with Crippen molar-refractivity contribution in [3.8, 4) is 0 Å². The second-order valence-corrected chi connectivity index (χ2v) is 4.43. The molecule has 6 heteroatoms. The first kappa shape index (κ1) is 12.5. The van der Waals surface area contributed by atoms with E-state index in [-0.39, 0.29) is 12.1 Å². The molecule has 2 rings (SSSR count). The normalized spacial score (nSPS) is 22.6. The summed E-state index contributed by atoms with van der Waals surface area (Å²) in [4.78, 5) is 0. The molecule has 1 saturated heterocycles.